The van der Waals surface area contributed by atoms with Crippen molar-refractivity contribution in [2.75, 3.05) is 32.5 Å². The van der Waals surface area contributed by atoms with Gasteiger partial charge in [0.25, 0.3) is 5.91 Å². The smallest absolute Gasteiger partial charge is 0.253 e. The lowest BCUT2D eigenvalue weighted by molar-refractivity contribution is -0.120. The molecule has 0 aliphatic heterocycles. The summed E-state index contributed by atoms with van der Waals surface area (Å²) < 4.78 is 4.82. The fraction of sp³-hybridized carbons (Fsp3) is 0.286. The third kappa shape index (κ3) is 3.73. The van der Waals surface area contributed by atoms with E-state index in [4.69, 9.17) is 10.5 Å². The van der Waals surface area contributed by atoms with Crippen LogP contribution in [0.25, 0.3) is 10.9 Å². The number of amides is 2. The van der Waals surface area contributed by atoms with Crippen LogP contribution in [0.15, 0.2) is 24.4 Å². The number of H-pyrrole nitrogens is 1. The molecule has 7 heteroatoms. The summed E-state index contributed by atoms with van der Waals surface area (Å²) in [5.74, 6) is -0.572. The molecular formula is C14H18N4O3. The molecular weight excluding hydrogens is 272 g/mol. The van der Waals surface area contributed by atoms with Gasteiger partial charge in [-0.1, -0.05) is 0 Å². The van der Waals surface area contributed by atoms with Crippen LogP contribution in [0.4, 0.5) is 5.69 Å². The molecule has 0 aliphatic carbocycles. The summed E-state index contributed by atoms with van der Waals surface area (Å²) in [6.45, 7) is 0.769. The van der Waals surface area contributed by atoms with Crippen LogP contribution >= 0.6 is 0 Å². The average Bonchev–Trinajstić information content (AvgIpc) is 2.88. The Bertz CT molecular complexity index is 651. The summed E-state index contributed by atoms with van der Waals surface area (Å²) in [6.07, 6.45) is 1.60. The van der Waals surface area contributed by atoms with Crippen molar-refractivity contribution in [3.05, 3.63) is 30.0 Å². The highest BCUT2D eigenvalue weighted by Crippen LogP contribution is 2.20. The second-order valence-electron chi connectivity index (χ2n) is 4.53. The van der Waals surface area contributed by atoms with Gasteiger partial charge in [0.15, 0.2) is 0 Å². The number of nitrogens with two attached hydrogens (primary N) is 1. The van der Waals surface area contributed by atoms with Gasteiger partial charge >= 0.3 is 0 Å². The van der Waals surface area contributed by atoms with Crippen LogP contribution in [-0.4, -0.2) is 43.6 Å². The zero-order valence-electron chi connectivity index (χ0n) is 11.7. The number of nitrogens with one attached hydrogen (secondary N) is 3. The highest BCUT2D eigenvalue weighted by atomic mass is 16.5. The number of anilines is 1. The monoisotopic (exact) mass is 290 g/mol. The number of hydrogen-bond donors (Lipinski definition) is 4. The Balaban J connectivity index is 1.95. The standard InChI is InChI=1S/C14H18N4O3/c1-21-5-4-16-13(19)8-18-14(20)11-7-17-12-6-9(15)2-3-10(11)12/h2-3,6-7,17H,4-5,8,15H2,1H3,(H,16,19)(H,18,20). The van der Waals surface area contributed by atoms with Crippen molar-refractivity contribution >= 4 is 28.4 Å². The summed E-state index contributed by atoms with van der Waals surface area (Å²) in [5.41, 5.74) is 7.56. The number of benzene rings is 1. The van der Waals surface area contributed by atoms with Crippen molar-refractivity contribution in [2.24, 2.45) is 0 Å². The number of ether oxygens (including phenoxy) is 1. The number of nitrogen functional groups attached to an aromatic ring is 1. The second kappa shape index (κ2) is 6.76. The molecule has 5 N–H and O–H groups in total. The van der Waals surface area contributed by atoms with E-state index in [0.29, 0.717) is 24.4 Å². The molecule has 0 radical (unpaired) electrons. The van der Waals surface area contributed by atoms with Crippen LogP contribution in [0.5, 0.6) is 0 Å². The molecule has 0 saturated carbocycles. The first-order chi connectivity index (χ1) is 10.1. The fourth-order valence-electron chi connectivity index (χ4n) is 1.94. The van der Waals surface area contributed by atoms with Crippen molar-refractivity contribution in [2.45, 2.75) is 0 Å². The third-order valence-electron chi connectivity index (χ3n) is 2.99. The van der Waals surface area contributed by atoms with Gasteiger partial charge in [-0.05, 0) is 18.2 Å². The molecule has 0 fully saturated rings. The van der Waals surface area contributed by atoms with E-state index in [1.54, 1.807) is 31.5 Å². The van der Waals surface area contributed by atoms with Gasteiger partial charge in [0.05, 0.1) is 18.7 Å². The molecule has 0 atom stereocenters. The lowest BCUT2D eigenvalue weighted by Gasteiger charge is -2.06. The minimum atomic E-state index is -0.312. The number of fused-ring (bicyclic) bond motifs is 1. The first-order valence-electron chi connectivity index (χ1n) is 6.52. The maximum atomic E-state index is 12.1. The van der Waals surface area contributed by atoms with E-state index in [9.17, 15) is 9.59 Å². The molecule has 21 heavy (non-hydrogen) atoms. The molecule has 0 saturated heterocycles. The largest absolute Gasteiger partial charge is 0.399 e. The molecule has 1 aromatic heterocycles. The maximum Gasteiger partial charge on any atom is 0.253 e. The van der Waals surface area contributed by atoms with Gasteiger partial charge in [-0.2, -0.15) is 0 Å². The summed E-state index contributed by atoms with van der Waals surface area (Å²) in [6, 6.07) is 5.25. The molecule has 0 bridgehead atoms. The van der Waals surface area contributed by atoms with Gasteiger partial charge in [-0.3, -0.25) is 9.59 Å². The van der Waals surface area contributed by atoms with E-state index in [2.05, 4.69) is 15.6 Å². The molecule has 2 aromatic rings. The van der Waals surface area contributed by atoms with E-state index in [1.165, 1.54) is 0 Å². The first-order valence-corrected chi connectivity index (χ1v) is 6.52. The van der Waals surface area contributed by atoms with E-state index in [-0.39, 0.29) is 18.4 Å². The topological polar surface area (TPSA) is 109 Å². The zero-order chi connectivity index (χ0) is 15.2. The predicted octanol–water partition coefficient (Wildman–Crippen LogP) is 0.243. The molecule has 1 heterocycles. The van der Waals surface area contributed by atoms with Crippen molar-refractivity contribution in [3.8, 4) is 0 Å². The quantitative estimate of drug-likeness (QED) is 0.451. The lowest BCUT2D eigenvalue weighted by Crippen LogP contribution is -2.38. The van der Waals surface area contributed by atoms with Gasteiger partial charge in [0.1, 0.15) is 0 Å². The van der Waals surface area contributed by atoms with Crippen molar-refractivity contribution < 1.29 is 14.3 Å². The normalized spacial score (nSPS) is 10.5. The molecule has 2 amide bonds. The Labute approximate surface area is 121 Å². The van der Waals surface area contributed by atoms with Crippen LogP contribution in [0.2, 0.25) is 0 Å². The lowest BCUT2D eigenvalue weighted by atomic mass is 10.1. The van der Waals surface area contributed by atoms with Gasteiger partial charge in [0, 0.05) is 36.4 Å². The predicted molar refractivity (Wildman–Crippen MR) is 79.9 cm³/mol. The molecule has 0 aliphatic rings. The highest BCUT2D eigenvalue weighted by molar-refractivity contribution is 6.07. The molecule has 2 rings (SSSR count). The fourth-order valence-corrected chi connectivity index (χ4v) is 1.94. The van der Waals surface area contributed by atoms with Crippen LogP contribution in [0.3, 0.4) is 0 Å². The third-order valence-corrected chi connectivity index (χ3v) is 2.99. The summed E-state index contributed by atoms with van der Waals surface area (Å²) in [5, 5.41) is 5.97. The van der Waals surface area contributed by atoms with E-state index in [1.807, 2.05) is 0 Å². The molecule has 0 unspecified atom stereocenters. The number of carbonyl (C=O) groups is 2. The molecule has 112 valence electrons. The van der Waals surface area contributed by atoms with Crippen LogP contribution < -0.4 is 16.4 Å². The average molecular weight is 290 g/mol. The molecule has 1 aromatic carbocycles. The Morgan fingerprint density at radius 2 is 2.14 bits per heavy atom. The number of methoxy groups -OCH3 is 1. The van der Waals surface area contributed by atoms with Gasteiger partial charge < -0.3 is 26.1 Å². The number of rotatable bonds is 6. The minimum absolute atomic E-state index is 0.0792. The maximum absolute atomic E-state index is 12.1. The number of carbonyl (C=O) groups excluding carboxylic acids is 2. The van der Waals surface area contributed by atoms with E-state index >= 15 is 0 Å². The van der Waals surface area contributed by atoms with Crippen LogP contribution in [0, 0.1) is 0 Å². The van der Waals surface area contributed by atoms with Crippen LogP contribution in [0.1, 0.15) is 10.4 Å². The Morgan fingerprint density at radius 3 is 2.90 bits per heavy atom. The molecule has 0 spiro atoms. The Kier molecular flexibility index (Phi) is 4.78. The summed E-state index contributed by atoms with van der Waals surface area (Å²) >= 11 is 0. The Hall–Kier alpha value is -2.54. The minimum Gasteiger partial charge on any atom is -0.399 e. The van der Waals surface area contributed by atoms with Crippen molar-refractivity contribution in [3.63, 3.8) is 0 Å². The number of aromatic nitrogens is 1. The Morgan fingerprint density at radius 1 is 1.33 bits per heavy atom. The summed E-state index contributed by atoms with van der Waals surface area (Å²) in [7, 11) is 1.55. The van der Waals surface area contributed by atoms with Crippen molar-refractivity contribution in [1.29, 1.82) is 0 Å². The van der Waals surface area contributed by atoms with E-state index < -0.39 is 0 Å². The summed E-state index contributed by atoms with van der Waals surface area (Å²) in [4.78, 5) is 26.5. The van der Waals surface area contributed by atoms with Gasteiger partial charge in [0.2, 0.25) is 5.91 Å². The van der Waals surface area contributed by atoms with Crippen LogP contribution in [-0.2, 0) is 9.53 Å². The SMILES string of the molecule is COCCNC(=O)CNC(=O)c1c[nH]c2cc(N)ccc12. The highest BCUT2D eigenvalue weighted by Gasteiger charge is 2.12. The number of aromatic amines is 1. The van der Waals surface area contributed by atoms with Crippen molar-refractivity contribution in [1.82, 2.24) is 15.6 Å². The zero-order valence-corrected chi connectivity index (χ0v) is 11.7. The first kappa shape index (κ1) is 14.9. The second-order valence-corrected chi connectivity index (χ2v) is 4.53. The molecule has 7 nitrogen and oxygen atoms in total. The van der Waals surface area contributed by atoms with Gasteiger partial charge in [-0.15, -0.1) is 0 Å². The number of hydrogen-bond acceptors (Lipinski definition) is 4. The van der Waals surface area contributed by atoms with E-state index in [0.717, 1.165) is 10.9 Å². The van der Waals surface area contributed by atoms with Gasteiger partial charge in [-0.25, -0.2) is 0 Å².